The molecule has 0 saturated carbocycles. The molecule has 1 atom stereocenters. The molecule has 0 amide bonds. The van der Waals surface area contributed by atoms with Crippen LogP contribution in [0.2, 0.25) is 0 Å². The van der Waals surface area contributed by atoms with E-state index in [1.807, 2.05) is 0 Å². The van der Waals surface area contributed by atoms with Crippen LogP contribution in [0.25, 0.3) is 5.57 Å². The summed E-state index contributed by atoms with van der Waals surface area (Å²) in [7, 11) is 4.18. The third-order valence-electron chi connectivity index (χ3n) is 4.48. The summed E-state index contributed by atoms with van der Waals surface area (Å²) in [6, 6.07) is 9.62. The van der Waals surface area contributed by atoms with Crippen molar-refractivity contribution in [3.63, 3.8) is 0 Å². The lowest BCUT2D eigenvalue weighted by Crippen LogP contribution is -2.47. The van der Waals surface area contributed by atoms with Gasteiger partial charge >= 0.3 is 0 Å². The largest absolute Gasteiger partial charge is 0.378 e. The number of allylic oxidation sites excluding steroid dienone is 1. The number of hydrogen-bond acceptors (Lipinski definition) is 3. The van der Waals surface area contributed by atoms with Gasteiger partial charge in [-0.2, -0.15) is 0 Å². The normalized spacial score (nSPS) is 23.7. The Morgan fingerprint density at radius 3 is 2.45 bits per heavy atom. The van der Waals surface area contributed by atoms with Gasteiger partial charge in [0.2, 0.25) is 0 Å². The minimum Gasteiger partial charge on any atom is -0.378 e. The van der Waals surface area contributed by atoms with Crippen LogP contribution in [0.1, 0.15) is 18.4 Å². The molecule has 0 spiro atoms. The Hall–Kier alpha value is -1.32. The quantitative estimate of drug-likeness (QED) is 0.909. The summed E-state index contributed by atoms with van der Waals surface area (Å²) in [6.45, 7) is 4.65. The van der Waals surface area contributed by atoms with Crippen LogP contribution >= 0.6 is 0 Å². The predicted molar refractivity (Wildman–Crippen MR) is 86.2 cm³/mol. The van der Waals surface area contributed by atoms with E-state index in [2.05, 4.69) is 59.6 Å². The third-order valence-corrected chi connectivity index (χ3v) is 4.48. The van der Waals surface area contributed by atoms with Gasteiger partial charge in [0, 0.05) is 52.0 Å². The number of nitrogens with zero attached hydrogens (tertiary/aromatic N) is 2. The number of rotatable bonds is 3. The van der Waals surface area contributed by atoms with E-state index < -0.39 is 0 Å². The van der Waals surface area contributed by atoms with E-state index in [0.717, 1.165) is 13.1 Å². The third kappa shape index (κ3) is 2.89. The maximum atomic E-state index is 3.43. The Morgan fingerprint density at radius 2 is 1.80 bits per heavy atom. The smallest absolute Gasteiger partial charge is 0.0361 e. The molecule has 1 aromatic carbocycles. The van der Waals surface area contributed by atoms with Gasteiger partial charge in [0.25, 0.3) is 0 Å². The van der Waals surface area contributed by atoms with Crippen LogP contribution in [0.15, 0.2) is 30.3 Å². The molecule has 1 fully saturated rings. The maximum absolute atomic E-state index is 3.43. The van der Waals surface area contributed by atoms with Crippen LogP contribution in [-0.2, 0) is 0 Å². The zero-order valence-electron chi connectivity index (χ0n) is 12.6. The lowest BCUT2D eigenvalue weighted by atomic mass is 10.1. The minimum absolute atomic E-state index is 0.653. The first-order valence-electron chi connectivity index (χ1n) is 7.67. The highest BCUT2D eigenvalue weighted by Gasteiger charge is 2.23. The van der Waals surface area contributed by atoms with Gasteiger partial charge in [-0.3, -0.25) is 4.90 Å². The van der Waals surface area contributed by atoms with Gasteiger partial charge in [-0.15, -0.1) is 0 Å². The van der Waals surface area contributed by atoms with Crippen LogP contribution in [0.3, 0.4) is 0 Å². The molecule has 3 heteroatoms. The summed E-state index contributed by atoms with van der Waals surface area (Å²) in [4.78, 5) is 4.77. The molecule has 1 aliphatic carbocycles. The molecular formula is C17H25N3. The zero-order chi connectivity index (χ0) is 13.9. The number of benzene rings is 1. The molecule has 108 valence electrons. The SMILES string of the molecule is CN(C)c1ccc(C2=CC(N3CCNCC3)CC2)cc1. The molecule has 0 bridgehead atoms. The van der Waals surface area contributed by atoms with Gasteiger partial charge in [-0.25, -0.2) is 0 Å². The molecule has 1 unspecified atom stereocenters. The molecule has 2 aliphatic rings. The van der Waals surface area contributed by atoms with Gasteiger partial charge in [0.05, 0.1) is 0 Å². The predicted octanol–water partition coefficient (Wildman–Crippen LogP) is 2.20. The fourth-order valence-electron chi connectivity index (χ4n) is 3.22. The van der Waals surface area contributed by atoms with Gasteiger partial charge < -0.3 is 10.2 Å². The summed E-state index contributed by atoms with van der Waals surface area (Å²) in [5.74, 6) is 0. The highest BCUT2D eigenvalue weighted by Crippen LogP contribution is 2.31. The first-order chi connectivity index (χ1) is 9.74. The van der Waals surface area contributed by atoms with Gasteiger partial charge in [0.1, 0.15) is 0 Å². The monoisotopic (exact) mass is 271 g/mol. The first-order valence-corrected chi connectivity index (χ1v) is 7.67. The van der Waals surface area contributed by atoms with E-state index >= 15 is 0 Å². The van der Waals surface area contributed by atoms with Gasteiger partial charge in [-0.05, 0) is 36.1 Å². The topological polar surface area (TPSA) is 18.5 Å². The van der Waals surface area contributed by atoms with Crippen molar-refractivity contribution in [2.75, 3.05) is 45.2 Å². The van der Waals surface area contributed by atoms with E-state index in [0.29, 0.717) is 6.04 Å². The Kier molecular flexibility index (Phi) is 4.08. The van der Waals surface area contributed by atoms with E-state index in [9.17, 15) is 0 Å². The zero-order valence-corrected chi connectivity index (χ0v) is 12.6. The molecule has 0 radical (unpaired) electrons. The molecule has 0 aromatic heterocycles. The molecule has 1 N–H and O–H groups in total. The van der Waals surface area contributed by atoms with Crippen LogP contribution < -0.4 is 10.2 Å². The highest BCUT2D eigenvalue weighted by molar-refractivity contribution is 5.69. The van der Waals surface area contributed by atoms with Gasteiger partial charge in [0.15, 0.2) is 0 Å². The number of nitrogens with one attached hydrogen (secondary N) is 1. The minimum atomic E-state index is 0.653. The maximum Gasteiger partial charge on any atom is 0.0361 e. The lowest BCUT2D eigenvalue weighted by Gasteiger charge is -2.31. The van der Waals surface area contributed by atoms with Crippen molar-refractivity contribution < 1.29 is 0 Å². The number of anilines is 1. The van der Waals surface area contributed by atoms with Crippen LogP contribution in [0, 0.1) is 0 Å². The Balaban J connectivity index is 1.70. The second-order valence-electron chi connectivity index (χ2n) is 6.03. The van der Waals surface area contributed by atoms with E-state index in [-0.39, 0.29) is 0 Å². The molecule has 1 aliphatic heterocycles. The number of piperazine rings is 1. The first kappa shape index (κ1) is 13.7. The van der Waals surface area contributed by atoms with Crippen molar-refractivity contribution in [1.82, 2.24) is 10.2 Å². The summed E-state index contributed by atoms with van der Waals surface area (Å²) >= 11 is 0. The fraction of sp³-hybridized carbons (Fsp3) is 0.529. The average Bonchev–Trinajstić information content (AvgIpc) is 2.98. The fourth-order valence-corrected chi connectivity index (χ4v) is 3.22. The van der Waals surface area contributed by atoms with Crippen LogP contribution in [0.4, 0.5) is 5.69 Å². The summed E-state index contributed by atoms with van der Waals surface area (Å²) in [5.41, 5.74) is 4.19. The van der Waals surface area contributed by atoms with Crippen molar-refractivity contribution in [3.05, 3.63) is 35.9 Å². The lowest BCUT2D eigenvalue weighted by molar-refractivity contribution is 0.200. The molecular weight excluding hydrogens is 246 g/mol. The van der Waals surface area contributed by atoms with E-state index in [1.165, 1.54) is 42.8 Å². The Morgan fingerprint density at radius 1 is 1.10 bits per heavy atom. The van der Waals surface area contributed by atoms with Crippen molar-refractivity contribution in [1.29, 1.82) is 0 Å². The highest BCUT2D eigenvalue weighted by atomic mass is 15.2. The van der Waals surface area contributed by atoms with Crippen LogP contribution in [-0.4, -0.2) is 51.2 Å². The van der Waals surface area contributed by atoms with Crippen molar-refractivity contribution >= 4 is 11.3 Å². The van der Waals surface area contributed by atoms with Crippen molar-refractivity contribution in [3.8, 4) is 0 Å². The van der Waals surface area contributed by atoms with Crippen molar-refractivity contribution in [2.45, 2.75) is 18.9 Å². The molecule has 20 heavy (non-hydrogen) atoms. The summed E-state index contributed by atoms with van der Waals surface area (Å²) < 4.78 is 0. The molecule has 3 nitrogen and oxygen atoms in total. The average molecular weight is 271 g/mol. The standard InChI is InChI=1S/C17H25N3/c1-19(2)16-6-3-14(4-7-16)15-5-8-17(13-15)20-11-9-18-10-12-20/h3-4,6-7,13,17-18H,5,8-12H2,1-2H3. The molecule has 1 heterocycles. The summed E-state index contributed by atoms with van der Waals surface area (Å²) in [6.07, 6.45) is 5.00. The Labute approximate surface area is 122 Å². The molecule has 3 rings (SSSR count). The van der Waals surface area contributed by atoms with Gasteiger partial charge in [-0.1, -0.05) is 18.2 Å². The van der Waals surface area contributed by atoms with Crippen molar-refractivity contribution in [2.24, 2.45) is 0 Å². The van der Waals surface area contributed by atoms with Crippen LogP contribution in [0.5, 0.6) is 0 Å². The van der Waals surface area contributed by atoms with E-state index in [1.54, 1.807) is 0 Å². The Bertz CT molecular complexity index is 470. The second kappa shape index (κ2) is 5.98. The molecule has 1 saturated heterocycles. The summed E-state index contributed by atoms with van der Waals surface area (Å²) in [5, 5.41) is 3.43. The number of hydrogen-bond donors (Lipinski definition) is 1. The molecule has 1 aromatic rings. The van der Waals surface area contributed by atoms with E-state index in [4.69, 9.17) is 0 Å². The second-order valence-corrected chi connectivity index (χ2v) is 6.03.